The first-order valence-electron chi connectivity index (χ1n) is 23.8. The van der Waals surface area contributed by atoms with Crippen LogP contribution >= 0.6 is 0 Å². The van der Waals surface area contributed by atoms with Crippen LogP contribution in [0.4, 0.5) is 0 Å². The SMILES string of the molecule is C1=C(c2ccc3c(c2)C2(c4ccccc4-c4ccccc42)c2ccccc2-3)CCc2c1c1cc(-c3cccc(-c4cnc5c6ccccc6c6ccccc6c5n4)c3)ccc1n2-c1ccccc1. The van der Waals surface area contributed by atoms with E-state index in [9.17, 15) is 0 Å². The van der Waals surface area contributed by atoms with Gasteiger partial charge in [-0.2, -0.15) is 0 Å². The fraction of sp³-hybridized carbons (Fsp3) is 0.0462. The third-order valence-electron chi connectivity index (χ3n) is 15.4. The lowest BCUT2D eigenvalue weighted by molar-refractivity contribution is 0.793. The summed E-state index contributed by atoms with van der Waals surface area (Å²) in [6.07, 6.45) is 6.34. The monoisotopic (exact) mass is 863 g/mol. The molecule has 15 rings (SSSR count). The number of allylic oxidation sites excluding steroid dienone is 1. The molecule has 2 heterocycles. The number of hydrogen-bond donors (Lipinski definition) is 0. The summed E-state index contributed by atoms with van der Waals surface area (Å²) in [4.78, 5) is 10.4. The zero-order valence-corrected chi connectivity index (χ0v) is 37.1. The molecule has 0 saturated heterocycles. The van der Waals surface area contributed by atoms with E-state index in [1.807, 2.05) is 6.20 Å². The number of nitrogens with zero attached hydrogens (tertiary/aromatic N) is 3. The van der Waals surface area contributed by atoms with Gasteiger partial charge in [0.05, 0.1) is 33.9 Å². The Balaban J connectivity index is 0.881. The van der Waals surface area contributed by atoms with E-state index < -0.39 is 0 Å². The summed E-state index contributed by atoms with van der Waals surface area (Å²) in [7, 11) is 0. The third kappa shape index (κ3) is 5.13. The molecule has 1 spiro atoms. The first-order chi connectivity index (χ1) is 33.7. The molecule has 68 heavy (non-hydrogen) atoms. The van der Waals surface area contributed by atoms with Gasteiger partial charge in [0, 0.05) is 38.7 Å². The van der Waals surface area contributed by atoms with Crippen molar-refractivity contribution in [2.75, 3.05) is 0 Å². The average molecular weight is 864 g/mol. The van der Waals surface area contributed by atoms with E-state index in [1.165, 1.54) is 99.8 Å². The molecule has 0 radical (unpaired) electrons. The molecule has 0 unspecified atom stereocenters. The Morgan fingerprint density at radius 2 is 0.971 bits per heavy atom. The van der Waals surface area contributed by atoms with Gasteiger partial charge in [-0.3, -0.25) is 4.98 Å². The van der Waals surface area contributed by atoms with Crippen molar-refractivity contribution < 1.29 is 0 Å². The molecule has 0 saturated carbocycles. The van der Waals surface area contributed by atoms with E-state index in [2.05, 4.69) is 223 Å². The van der Waals surface area contributed by atoms with Crippen molar-refractivity contribution in [1.82, 2.24) is 14.5 Å². The lowest BCUT2D eigenvalue weighted by Crippen LogP contribution is -2.26. The van der Waals surface area contributed by atoms with Crippen molar-refractivity contribution in [3.05, 3.63) is 258 Å². The van der Waals surface area contributed by atoms with Gasteiger partial charge in [0.1, 0.15) is 0 Å². The minimum atomic E-state index is -0.372. The number of benzene rings is 10. The topological polar surface area (TPSA) is 30.7 Å². The van der Waals surface area contributed by atoms with Gasteiger partial charge in [0.2, 0.25) is 0 Å². The number of fused-ring (bicyclic) bond motifs is 19. The van der Waals surface area contributed by atoms with Crippen molar-refractivity contribution >= 4 is 55.1 Å². The molecule has 3 aliphatic carbocycles. The highest BCUT2D eigenvalue weighted by Gasteiger charge is 2.51. The molecular formula is C65H41N3. The average Bonchev–Trinajstić information content (AvgIpc) is 4.02. The molecule has 3 aliphatic rings. The van der Waals surface area contributed by atoms with E-state index in [0.29, 0.717) is 0 Å². The second-order valence-corrected chi connectivity index (χ2v) is 18.7. The number of aromatic nitrogens is 3. The quantitative estimate of drug-likeness (QED) is 0.165. The predicted octanol–water partition coefficient (Wildman–Crippen LogP) is 16.0. The number of hydrogen-bond acceptors (Lipinski definition) is 2. The molecular weight excluding hydrogens is 823 g/mol. The highest BCUT2D eigenvalue weighted by molar-refractivity contribution is 6.23. The second-order valence-electron chi connectivity index (χ2n) is 18.7. The van der Waals surface area contributed by atoms with Gasteiger partial charge in [-0.15, -0.1) is 0 Å². The van der Waals surface area contributed by atoms with Crippen LogP contribution in [0.5, 0.6) is 0 Å². The Morgan fingerprint density at radius 3 is 1.68 bits per heavy atom. The largest absolute Gasteiger partial charge is 0.313 e. The fourth-order valence-electron chi connectivity index (χ4n) is 12.5. The summed E-state index contributed by atoms with van der Waals surface area (Å²) in [5.74, 6) is 0. The van der Waals surface area contributed by atoms with E-state index in [4.69, 9.17) is 9.97 Å². The Labute approximate surface area is 394 Å². The van der Waals surface area contributed by atoms with Gasteiger partial charge < -0.3 is 4.57 Å². The first kappa shape index (κ1) is 37.5. The number of para-hydroxylation sites is 1. The Bertz CT molecular complexity index is 4050. The zero-order chi connectivity index (χ0) is 44.5. The first-order valence-corrected chi connectivity index (χ1v) is 23.8. The van der Waals surface area contributed by atoms with Crippen molar-refractivity contribution in [3.8, 4) is 50.3 Å². The van der Waals surface area contributed by atoms with E-state index in [-0.39, 0.29) is 5.41 Å². The lowest BCUT2D eigenvalue weighted by Gasteiger charge is -2.31. The second kappa shape index (κ2) is 14.2. The predicted molar refractivity (Wildman–Crippen MR) is 281 cm³/mol. The summed E-state index contributed by atoms with van der Waals surface area (Å²) in [5.41, 5.74) is 24.3. The van der Waals surface area contributed by atoms with Crippen molar-refractivity contribution in [3.63, 3.8) is 0 Å². The van der Waals surface area contributed by atoms with Crippen LogP contribution < -0.4 is 0 Å². The van der Waals surface area contributed by atoms with Gasteiger partial charge in [-0.05, 0) is 133 Å². The minimum Gasteiger partial charge on any atom is -0.313 e. The minimum absolute atomic E-state index is 0.372. The van der Waals surface area contributed by atoms with Crippen molar-refractivity contribution in [1.29, 1.82) is 0 Å². The number of rotatable bonds is 4. The van der Waals surface area contributed by atoms with Crippen LogP contribution in [0.15, 0.2) is 219 Å². The molecule has 2 aromatic heterocycles. The summed E-state index contributed by atoms with van der Waals surface area (Å²) >= 11 is 0. The molecule has 0 aliphatic heterocycles. The third-order valence-corrected chi connectivity index (χ3v) is 15.4. The van der Waals surface area contributed by atoms with Crippen LogP contribution in [0.25, 0.3) is 105 Å². The highest BCUT2D eigenvalue weighted by Crippen LogP contribution is 2.63. The molecule has 0 fully saturated rings. The Hall–Kier alpha value is -8.66. The smallest absolute Gasteiger partial charge is 0.0979 e. The Kier molecular flexibility index (Phi) is 7.83. The van der Waals surface area contributed by atoms with Gasteiger partial charge in [-0.1, -0.05) is 176 Å². The maximum atomic E-state index is 5.35. The van der Waals surface area contributed by atoms with Crippen LogP contribution in [-0.2, 0) is 11.8 Å². The van der Waals surface area contributed by atoms with Crippen LogP contribution in [0.2, 0.25) is 0 Å². The zero-order valence-electron chi connectivity index (χ0n) is 37.1. The highest BCUT2D eigenvalue weighted by atomic mass is 15.0. The van der Waals surface area contributed by atoms with E-state index >= 15 is 0 Å². The lowest BCUT2D eigenvalue weighted by atomic mass is 9.70. The van der Waals surface area contributed by atoms with Crippen molar-refractivity contribution in [2.45, 2.75) is 18.3 Å². The summed E-state index contributed by atoms with van der Waals surface area (Å²) in [5, 5.41) is 5.91. The molecule has 12 aromatic rings. The standard InChI is InChI=1S/C65H41N3/c1-2-17-45(18-3-1)68-61-33-30-41(40-15-14-16-44(35-40)60-39-66-63-52-24-6-4-19-46(52)47-20-5-7-25-53(47)64(63)67-60)36-54(61)55-37-42(31-34-62(55)68)43-29-32-51-50-23-10-13-28-58(50)65(59(51)38-43)56-26-11-8-21-48(56)49-22-9-12-27-57(49)65/h1-30,32-33,35-39H,31,34H2. The maximum Gasteiger partial charge on any atom is 0.0979 e. The van der Waals surface area contributed by atoms with E-state index in [1.54, 1.807) is 0 Å². The van der Waals surface area contributed by atoms with Crippen LogP contribution in [-0.4, -0.2) is 14.5 Å². The molecule has 0 atom stereocenters. The van der Waals surface area contributed by atoms with Crippen LogP contribution in [0.1, 0.15) is 45.5 Å². The van der Waals surface area contributed by atoms with Crippen molar-refractivity contribution in [2.24, 2.45) is 0 Å². The molecule has 0 bridgehead atoms. The van der Waals surface area contributed by atoms with E-state index in [0.717, 1.165) is 51.5 Å². The van der Waals surface area contributed by atoms with Gasteiger partial charge in [-0.25, -0.2) is 4.98 Å². The molecule has 0 amide bonds. The van der Waals surface area contributed by atoms with Gasteiger partial charge >= 0.3 is 0 Å². The maximum absolute atomic E-state index is 5.35. The molecule has 316 valence electrons. The van der Waals surface area contributed by atoms with Gasteiger partial charge in [0.15, 0.2) is 0 Å². The summed E-state index contributed by atoms with van der Waals surface area (Å²) in [6.45, 7) is 0. The summed E-state index contributed by atoms with van der Waals surface area (Å²) in [6, 6.07) is 78.4. The van der Waals surface area contributed by atoms with Crippen LogP contribution in [0.3, 0.4) is 0 Å². The summed E-state index contributed by atoms with van der Waals surface area (Å²) < 4.78 is 2.50. The van der Waals surface area contributed by atoms with Gasteiger partial charge in [0.25, 0.3) is 0 Å². The fourth-order valence-corrected chi connectivity index (χ4v) is 12.5. The molecule has 3 heteroatoms. The van der Waals surface area contributed by atoms with Crippen LogP contribution in [0, 0.1) is 0 Å². The molecule has 0 N–H and O–H groups in total. The molecule has 10 aromatic carbocycles. The normalized spacial score (nSPS) is 14.0. The Morgan fingerprint density at radius 1 is 0.397 bits per heavy atom. The molecule has 3 nitrogen and oxygen atoms in total.